The van der Waals surface area contributed by atoms with Gasteiger partial charge in [-0.05, 0) is 62.1 Å². The van der Waals surface area contributed by atoms with Gasteiger partial charge in [0, 0.05) is 18.9 Å². The van der Waals surface area contributed by atoms with E-state index >= 15 is 0 Å². The number of ether oxygens (including phenoxy) is 2. The Bertz CT molecular complexity index is 1620. The first-order valence-corrected chi connectivity index (χ1v) is 12.9. The molecule has 200 valence electrons. The van der Waals surface area contributed by atoms with E-state index in [0.717, 1.165) is 65.4 Å². The van der Waals surface area contributed by atoms with Crippen molar-refractivity contribution in [2.24, 2.45) is 7.05 Å². The van der Waals surface area contributed by atoms with Crippen LogP contribution in [-0.2, 0) is 11.8 Å². The van der Waals surface area contributed by atoms with Gasteiger partial charge in [-0.25, -0.2) is 15.0 Å². The van der Waals surface area contributed by atoms with Crippen molar-refractivity contribution in [2.75, 3.05) is 24.4 Å². The summed E-state index contributed by atoms with van der Waals surface area (Å²) in [5.41, 5.74) is 4.75. The number of aryl methyl sites for hydroxylation is 3. The molecule has 1 aliphatic heterocycles. The van der Waals surface area contributed by atoms with Gasteiger partial charge in [-0.1, -0.05) is 12.1 Å². The molecule has 12 nitrogen and oxygen atoms in total. The van der Waals surface area contributed by atoms with E-state index < -0.39 is 0 Å². The maximum Gasteiger partial charge on any atom is 0.208 e. The molecule has 0 aliphatic carbocycles. The van der Waals surface area contributed by atoms with Crippen molar-refractivity contribution in [2.45, 2.75) is 39.3 Å². The highest BCUT2D eigenvalue weighted by molar-refractivity contribution is 5.92. The second kappa shape index (κ2) is 10.3. The lowest BCUT2D eigenvalue weighted by molar-refractivity contribution is -0.0308. The number of anilines is 4. The molecule has 1 unspecified atom stereocenters. The predicted molar refractivity (Wildman–Crippen MR) is 147 cm³/mol. The number of rotatable bonds is 7. The lowest BCUT2D eigenvalue weighted by Gasteiger charge is -2.25. The number of methoxy groups -OCH3 is 1. The van der Waals surface area contributed by atoms with E-state index in [9.17, 15) is 0 Å². The Labute approximate surface area is 225 Å². The Kier molecular flexibility index (Phi) is 6.53. The standard InChI is InChI=1S/C27H30N10O2/c1-16-11-12-21(28-15-16)31-22-14-20(24-27(32-22)37(17(2)29-24)23-10-5-6-13-39-23)30-19-9-7-8-18(25(19)38-4)26-33-35-36(3)34-26/h7-9,11-12,14-15,23H,5-6,10,13H2,1-4H3,(H2,28,30,31,32). The third kappa shape index (κ3) is 4.86. The van der Waals surface area contributed by atoms with Gasteiger partial charge in [-0.2, -0.15) is 4.80 Å². The highest BCUT2D eigenvalue weighted by atomic mass is 16.5. The van der Waals surface area contributed by atoms with Gasteiger partial charge in [-0.3, -0.25) is 4.57 Å². The van der Waals surface area contributed by atoms with Gasteiger partial charge < -0.3 is 20.1 Å². The highest BCUT2D eigenvalue weighted by Gasteiger charge is 2.24. The van der Waals surface area contributed by atoms with Crippen LogP contribution >= 0.6 is 0 Å². The van der Waals surface area contributed by atoms with Crippen molar-refractivity contribution in [3.8, 4) is 17.1 Å². The highest BCUT2D eigenvalue weighted by Crippen LogP contribution is 2.39. The van der Waals surface area contributed by atoms with Crippen LogP contribution in [0.3, 0.4) is 0 Å². The molecule has 1 saturated heterocycles. The molecule has 1 aliphatic rings. The summed E-state index contributed by atoms with van der Waals surface area (Å²) < 4.78 is 14.0. The van der Waals surface area contributed by atoms with Crippen molar-refractivity contribution in [3.05, 3.63) is 54.0 Å². The number of fused-ring (bicyclic) bond motifs is 1. The number of pyridine rings is 2. The Balaban J connectivity index is 1.47. The van der Waals surface area contributed by atoms with Crippen LogP contribution < -0.4 is 15.4 Å². The van der Waals surface area contributed by atoms with Crippen LogP contribution in [0.25, 0.3) is 22.6 Å². The smallest absolute Gasteiger partial charge is 0.208 e. The van der Waals surface area contributed by atoms with Crippen molar-refractivity contribution >= 4 is 34.2 Å². The summed E-state index contributed by atoms with van der Waals surface area (Å²) in [6.45, 7) is 4.71. The SMILES string of the molecule is COc1c(Nc2cc(Nc3ccc(C)cn3)nc3c2nc(C)n3C2CCCCO2)cccc1-c1nnn(C)n1. The largest absolute Gasteiger partial charge is 0.494 e. The average Bonchev–Trinajstić information content (AvgIpc) is 3.53. The van der Waals surface area contributed by atoms with Gasteiger partial charge in [-0.15, -0.1) is 10.2 Å². The van der Waals surface area contributed by atoms with Gasteiger partial charge in [0.1, 0.15) is 29.2 Å². The minimum Gasteiger partial charge on any atom is -0.494 e. The van der Waals surface area contributed by atoms with Gasteiger partial charge in [0.05, 0.1) is 31.1 Å². The fourth-order valence-corrected chi connectivity index (χ4v) is 4.84. The maximum absolute atomic E-state index is 6.13. The van der Waals surface area contributed by atoms with Crippen molar-refractivity contribution < 1.29 is 9.47 Å². The van der Waals surface area contributed by atoms with Crippen LogP contribution in [0.4, 0.5) is 23.0 Å². The van der Waals surface area contributed by atoms with E-state index in [4.69, 9.17) is 19.4 Å². The van der Waals surface area contributed by atoms with Gasteiger partial charge >= 0.3 is 0 Å². The molecule has 5 aromatic rings. The topological polar surface area (TPSA) is 130 Å². The number of aromatic nitrogens is 8. The second-order valence-corrected chi connectivity index (χ2v) is 9.54. The third-order valence-electron chi connectivity index (χ3n) is 6.67. The number of hydrogen-bond acceptors (Lipinski definition) is 10. The summed E-state index contributed by atoms with van der Waals surface area (Å²) in [6, 6.07) is 11.6. The molecule has 12 heteroatoms. The first-order valence-electron chi connectivity index (χ1n) is 12.9. The fraction of sp³-hybridized carbons (Fsp3) is 0.333. The Morgan fingerprint density at radius 1 is 1.03 bits per heavy atom. The van der Waals surface area contributed by atoms with E-state index in [-0.39, 0.29) is 6.23 Å². The summed E-state index contributed by atoms with van der Waals surface area (Å²) in [6.07, 6.45) is 4.78. The summed E-state index contributed by atoms with van der Waals surface area (Å²) in [4.78, 5) is 15.8. The number of hydrogen-bond donors (Lipinski definition) is 2. The van der Waals surface area contributed by atoms with Crippen LogP contribution in [0, 0.1) is 13.8 Å². The lowest BCUT2D eigenvalue weighted by Crippen LogP contribution is -2.19. The molecular weight excluding hydrogens is 496 g/mol. The van der Waals surface area contributed by atoms with Crippen molar-refractivity contribution in [3.63, 3.8) is 0 Å². The number of para-hydroxylation sites is 1. The number of nitrogens with one attached hydrogen (secondary N) is 2. The molecule has 4 aromatic heterocycles. The van der Waals surface area contributed by atoms with Gasteiger partial charge in [0.25, 0.3) is 0 Å². The number of imidazole rings is 1. The monoisotopic (exact) mass is 526 g/mol. The zero-order chi connectivity index (χ0) is 26.9. The Hall–Kier alpha value is -4.58. The predicted octanol–water partition coefficient (Wildman–Crippen LogP) is 4.83. The van der Waals surface area contributed by atoms with Crippen LogP contribution in [0.1, 0.15) is 36.9 Å². The van der Waals surface area contributed by atoms with Crippen LogP contribution in [0.15, 0.2) is 42.6 Å². The van der Waals surface area contributed by atoms with E-state index in [1.807, 2.05) is 56.4 Å². The molecule has 0 saturated carbocycles. The molecule has 6 rings (SSSR count). The molecule has 2 N–H and O–H groups in total. The molecule has 0 amide bonds. The maximum atomic E-state index is 6.13. The Morgan fingerprint density at radius 2 is 1.92 bits per heavy atom. The van der Waals surface area contributed by atoms with E-state index in [1.54, 1.807) is 14.2 Å². The first kappa shape index (κ1) is 24.7. The molecule has 1 fully saturated rings. The normalized spacial score (nSPS) is 15.4. The lowest BCUT2D eigenvalue weighted by atomic mass is 10.1. The second-order valence-electron chi connectivity index (χ2n) is 9.54. The number of benzene rings is 1. The number of nitrogens with zero attached hydrogens (tertiary/aromatic N) is 8. The van der Waals surface area contributed by atoms with E-state index in [1.165, 1.54) is 4.80 Å². The van der Waals surface area contributed by atoms with E-state index in [0.29, 0.717) is 23.2 Å². The third-order valence-corrected chi connectivity index (χ3v) is 6.67. The minimum atomic E-state index is -0.113. The Morgan fingerprint density at radius 3 is 2.64 bits per heavy atom. The molecular formula is C27H30N10O2. The summed E-state index contributed by atoms with van der Waals surface area (Å²) in [5.74, 6) is 3.23. The fourth-order valence-electron chi connectivity index (χ4n) is 4.84. The molecule has 39 heavy (non-hydrogen) atoms. The van der Waals surface area contributed by atoms with Gasteiger partial charge in [0.2, 0.25) is 5.82 Å². The molecule has 0 bridgehead atoms. The molecule has 5 heterocycles. The van der Waals surface area contributed by atoms with Crippen LogP contribution in [0.5, 0.6) is 5.75 Å². The first-order chi connectivity index (χ1) is 19.0. The molecule has 0 spiro atoms. The molecule has 0 radical (unpaired) electrons. The summed E-state index contributed by atoms with van der Waals surface area (Å²) in [5, 5.41) is 19.4. The zero-order valence-corrected chi connectivity index (χ0v) is 22.3. The average molecular weight is 527 g/mol. The summed E-state index contributed by atoms with van der Waals surface area (Å²) >= 11 is 0. The zero-order valence-electron chi connectivity index (χ0n) is 22.3. The van der Waals surface area contributed by atoms with Gasteiger partial charge in [0.15, 0.2) is 11.4 Å². The van der Waals surface area contributed by atoms with Crippen LogP contribution in [-0.4, -0.2) is 53.4 Å². The minimum absolute atomic E-state index is 0.113. The molecule has 1 aromatic carbocycles. The summed E-state index contributed by atoms with van der Waals surface area (Å²) in [7, 11) is 3.35. The van der Waals surface area contributed by atoms with E-state index in [2.05, 4.69) is 35.6 Å². The molecule has 1 atom stereocenters. The van der Waals surface area contributed by atoms with Crippen molar-refractivity contribution in [1.29, 1.82) is 0 Å². The number of tetrazole rings is 1. The van der Waals surface area contributed by atoms with Crippen molar-refractivity contribution in [1.82, 2.24) is 39.7 Å². The van der Waals surface area contributed by atoms with Crippen LogP contribution in [0.2, 0.25) is 0 Å². The quantitative estimate of drug-likeness (QED) is 0.304.